The van der Waals surface area contributed by atoms with Crippen LogP contribution < -0.4 is 4.72 Å². The van der Waals surface area contributed by atoms with Gasteiger partial charge >= 0.3 is 0 Å². The van der Waals surface area contributed by atoms with Crippen molar-refractivity contribution < 1.29 is 8.42 Å². The number of alkyl halides is 1. The van der Waals surface area contributed by atoms with E-state index in [9.17, 15) is 8.42 Å². The van der Waals surface area contributed by atoms with Gasteiger partial charge in [-0.3, -0.25) is 5.10 Å². The van der Waals surface area contributed by atoms with Crippen LogP contribution >= 0.6 is 15.9 Å². The van der Waals surface area contributed by atoms with Crippen LogP contribution in [0, 0.1) is 11.8 Å². The molecule has 5 nitrogen and oxygen atoms in total. The van der Waals surface area contributed by atoms with Crippen LogP contribution in [0.5, 0.6) is 0 Å². The Hall–Kier alpha value is -0.400. The third kappa shape index (κ3) is 3.08. The van der Waals surface area contributed by atoms with Crippen LogP contribution in [0.3, 0.4) is 0 Å². The highest BCUT2D eigenvalue weighted by Crippen LogP contribution is 2.32. The first-order chi connectivity index (χ1) is 8.13. The van der Waals surface area contributed by atoms with E-state index in [1.807, 2.05) is 0 Å². The normalized spacial score (nSPS) is 25.2. The van der Waals surface area contributed by atoms with Gasteiger partial charge in [0.2, 0.25) is 10.0 Å². The van der Waals surface area contributed by atoms with Crippen molar-refractivity contribution in [3.05, 3.63) is 12.4 Å². The van der Waals surface area contributed by atoms with E-state index in [1.54, 1.807) is 0 Å². The standard InChI is InChI=1S/C10H16BrN3O2S/c11-4-8-2-1-3-9(8)5-14-17(15,16)10-6-12-13-7-10/h6-9,14H,1-5H2,(H,12,13). The van der Waals surface area contributed by atoms with Gasteiger partial charge in [0.15, 0.2) is 0 Å². The van der Waals surface area contributed by atoms with E-state index < -0.39 is 10.0 Å². The maximum Gasteiger partial charge on any atom is 0.243 e. The Morgan fingerprint density at radius 3 is 2.88 bits per heavy atom. The third-order valence-electron chi connectivity index (χ3n) is 3.33. The first kappa shape index (κ1) is 13.0. The molecule has 0 amide bonds. The molecule has 1 heterocycles. The Balaban J connectivity index is 1.94. The average molecular weight is 322 g/mol. The van der Waals surface area contributed by atoms with Gasteiger partial charge in [0, 0.05) is 18.1 Å². The van der Waals surface area contributed by atoms with E-state index in [2.05, 4.69) is 30.8 Å². The van der Waals surface area contributed by atoms with Crippen molar-refractivity contribution in [2.45, 2.75) is 24.2 Å². The molecule has 1 aliphatic carbocycles. The SMILES string of the molecule is O=S(=O)(NCC1CCCC1CBr)c1cn[nH]c1. The van der Waals surface area contributed by atoms with Crippen LogP contribution in [-0.2, 0) is 10.0 Å². The zero-order valence-electron chi connectivity index (χ0n) is 9.39. The second-order valence-electron chi connectivity index (χ2n) is 4.39. The quantitative estimate of drug-likeness (QED) is 0.807. The Bertz CT molecular complexity index is 446. The number of sulfonamides is 1. The second-order valence-corrected chi connectivity index (χ2v) is 6.81. The Labute approximate surface area is 110 Å². The summed E-state index contributed by atoms with van der Waals surface area (Å²) in [4.78, 5) is 0.200. The number of H-pyrrole nitrogens is 1. The van der Waals surface area contributed by atoms with Gasteiger partial charge in [0.25, 0.3) is 0 Å². The lowest BCUT2D eigenvalue weighted by Crippen LogP contribution is -2.31. The van der Waals surface area contributed by atoms with Gasteiger partial charge in [0.05, 0.1) is 6.20 Å². The first-order valence-corrected chi connectivity index (χ1v) is 8.28. The molecule has 0 aliphatic heterocycles. The largest absolute Gasteiger partial charge is 0.284 e. The van der Waals surface area contributed by atoms with Crippen molar-refractivity contribution in [1.82, 2.24) is 14.9 Å². The molecule has 1 saturated carbocycles. The molecule has 2 N–H and O–H groups in total. The molecular formula is C10H16BrN3O2S. The van der Waals surface area contributed by atoms with Crippen LogP contribution in [-0.4, -0.2) is 30.5 Å². The zero-order valence-corrected chi connectivity index (χ0v) is 11.8. The van der Waals surface area contributed by atoms with Gasteiger partial charge in [-0.2, -0.15) is 5.10 Å². The van der Waals surface area contributed by atoms with Crippen molar-refractivity contribution in [2.24, 2.45) is 11.8 Å². The van der Waals surface area contributed by atoms with E-state index in [-0.39, 0.29) is 4.90 Å². The predicted octanol–water partition coefficient (Wildman–Crippen LogP) is 1.50. The molecule has 1 aromatic rings. The van der Waals surface area contributed by atoms with Crippen molar-refractivity contribution in [3.63, 3.8) is 0 Å². The third-order valence-corrected chi connectivity index (χ3v) is 5.56. The number of nitrogens with zero attached hydrogens (tertiary/aromatic N) is 1. The highest BCUT2D eigenvalue weighted by molar-refractivity contribution is 9.09. The monoisotopic (exact) mass is 321 g/mol. The number of aromatic nitrogens is 2. The molecule has 0 spiro atoms. The number of rotatable bonds is 5. The first-order valence-electron chi connectivity index (χ1n) is 5.68. The lowest BCUT2D eigenvalue weighted by atomic mass is 9.99. The Kier molecular flexibility index (Phi) is 4.22. The molecule has 0 aromatic carbocycles. The van der Waals surface area contributed by atoms with Crippen LogP contribution in [0.25, 0.3) is 0 Å². The topological polar surface area (TPSA) is 74.8 Å². The van der Waals surface area contributed by atoms with Gasteiger partial charge in [-0.05, 0) is 24.7 Å². The Morgan fingerprint density at radius 1 is 1.47 bits per heavy atom. The van der Waals surface area contributed by atoms with E-state index in [4.69, 9.17) is 0 Å². The van der Waals surface area contributed by atoms with E-state index in [0.717, 1.165) is 11.8 Å². The van der Waals surface area contributed by atoms with Gasteiger partial charge in [-0.15, -0.1) is 0 Å². The minimum absolute atomic E-state index is 0.200. The second kappa shape index (κ2) is 5.49. The molecule has 0 radical (unpaired) electrons. The summed E-state index contributed by atoms with van der Waals surface area (Å²) in [6.07, 6.45) is 6.18. The summed E-state index contributed by atoms with van der Waals surface area (Å²) in [6, 6.07) is 0. The molecular weight excluding hydrogens is 306 g/mol. The highest BCUT2D eigenvalue weighted by atomic mass is 79.9. The summed E-state index contributed by atoms with van der Waals surface area (Å²) in [5.41, 5.74) is 0. The summed E-state index contributed by atoms with van der Waals surface area (Å²) in [7, 11) is -3.40. The van der Waals surface area contributed by atoms with E-state index >= 15 is 0 Å². The molecule has 2 unspecified atom stereocenters. The van der Waals surface area contributed by atoms with Crippen molar-refractivity contribution in [1.29, 1.82) is 0 Å². The number of aromatic amines is 1. The Morgan fingerprint density at radius 2 is 2.24 bits per heavy atom. The maximum absolute atomic E-state index is 11.9. The number of nitrogens with one attached hydrogen (secondary N) is 2. The van der Waals surface area contributed by atoms with Crippen molar-refractivity contribution >= 4 is 26.0 Å². The predicted molar refractivity (Wildman–Crippen MR) is 68.4 cm³/mol. The molecule has 2 rings (SSSR count). The molecule has 96 valence electrons. The highest BCUT2D eigenvalue weighted by Gasteiger charge is 2.27. The summed E-state index contributed by atoms with van der Waals surface area (Å²) < 4.78 is 26.4. The summed E-state index contributed by atoms with van der Waals surface area (Å²) in [5, 5.41) is 7.10. The maximum atomic E-state index is 11.9. The molecule has 1 fully saturated rings. The fourth-order valence-corrected chi connectivity index (χ4v) is 4.12. The smallest absolute Gasteiger partial charge is 0.243 e. The minimum atomic E-state index is -3.40. The minimum Gasteiger partial charge on any atom is -0.284 e. The van der Waals surface area contributed by atoms with Crippen LogP contribution in [0.1, 0.15) is 19.3 Å². The average Bonchev–Trinajstić information content (AvgIpc) is 2.97. The molecule has 2 atom stereocenters. The van der Waals surface area contributed by atoms with Crippen LogP contribution in [0.4, 0.5) is 0 Å². The van der Waals surface area contributed by atoms with Crippen molar-refractivity contribution in [3.8, 4) is 0 Å². The lowest BCUT2D eigenvalue weighted by molar-refractivity contribution is 0.422. The molecule has 1 aromatic heterocycles. The van der Waals surface area contributed by atoms with Gasteiger partial charge < -0.3 is 0 Å². The van der Waals surface area contributed by atoms with E-state index in [1.165, 1.54) is 25.2 Å². The number of hydrogen-bond donors (Lipinski definition) is 2. The fourth-order valence-electron chi connectivity index (χ4n) is 2.27. The molecule has 1 aliphatic rings. The number of hydrogen-bond acceptors (Lipinski definition) is 3. The molecule has 7 heteroatoms. The summed E-state index contributed by atoms with van der Waals surface area (Å²) in [6.45, 7) is 0.518. The van der Waals surface area contributed by atoms with Crippen molar-refractivity contribution in [2.75, 3.05) is 11.9 Å². The van der Waals surface area contributed by atoms with Gasteiger partial charge in [-0.25, -0.2) is 13.1 Å². The van der Waals surface area contributed by atoms with Gasteiger partial charge in [0.1, 0.15) is 4.90 Å². The van der Waals surface area contributed by atoms with E-state index in [0.29, 0.717) is 18.4 Å². The molecule has 17 heavy (non-hydrogen) atoms. The lowest BCUT2D eigenvalue weighted by Gasteiger charge is -2.17. The van der Waals surface area contributed by atoms with Gasteiger partial charge in [-0.1, -0.05) is 22.4 Å². The fraction of sp³-hybridized carbons (Fsp3) is 0.700. The van der Waals surface area contributed by atoms with Crippen LogP contribution in [0.15, 0.2) is 17.3 Å². The molecule has 0 saturated heterocycles. The molecule has 0 bridgehead atoms. The zero-order chi connectivity index (χ0) is 12.3. The number of halogens is 1. The summed E-state index contributed by atoms with van der Waals surface area (Å²) in [5.74, 6) is 1.03. The summed E-state index contributed by atoms with van der Waals surface area (Å²) >= 11 is 3.48. The van der Waals surface area contributed by atoms with Crippen LogP contribution in [0.2, 0.25) is 0 Å².